The van der Waals surface area contributed by atoms with Gasteiger partial charge in [-0.2, -0.15) is 0 Å². The average Bonchev–Trinajstić information content (AvgIpc) is 3.73. The van der Waals surface area contributed by atoms with Crippen LogP contribution in [-0.2, 0) is 9.59 Å². The third kappa shape index (κ3) is 9.39. The van der Waals surface area contributed by atoms with Crippen LogP contribution in [0.5, 0.6) is 0 Å². The van der Waals surface area contributed by atoms with Gasteiger partial charge in [-0.3, -0.25) is 19.2 Å². The lowest BCUT2D eigenvalue weighted by Crippen LogP contribution is -2.62. The summed E-state index contributed by atoms with van der Waals surface area (Å²) in [5.41, 5.74) is 0.708. The highest BCUT2D eigenvalue weighted by molar-refractivity contribution is 5.92. The molecule has 0 saturated heterocycles. The minimum absolute atomic E-state index is 0.0225. The summed E-state index contributed by atoms with van der Waals surface area (Å²) in [7, 11) is 0. The molecule has 0 bridgehead atoms. The van der Waals surface area contributed by atoms with Crippen molar-refractivity contribution in [1.29, 1.82) is 0 Å². The van der Waals surface area contributed by atoms with Gasteiger partial charge in [-0.15, -0.1) is 0 Å². The quantitative estimate of drug-likeness (QED) is 0.0680. The van der Waals surface area contributed by atoms with Crippen LogP contribution in [-0.4, -0.2) is 79.1 Å². The Hall–Kier alpha value is -4.18. The van der Waals surface area contributed by atoms with Crippen molar-refractivity contribution >= 4 is 45.9 Å². The minimum Gasteiger partial charge on any atom is -0.393 e. The molecule has 14 heteroatoms. The molecule has 0 radical (unpaired) electrons. The van der Waals surface area contributed by atoms with Crippen molar-refractivity contribution in [2.24, 2.45) is 92.7 Å². The Morgan fingerprint density at radius 1 is 0.500 bits per heavy atom. The van der Waals surface area contributed by atoms with Crippen LogP contribution in [0.3, 0.4) is 0 Å². The lowest BCUT2D eigenvalue weighted by molar-refractivity contribution is -0.207. The van der Waals surface area contributed by atoms with Crippen molar-refractivity contribution in [3.8, 4) is 0 Å². The van der Waals surface area contributed by atoms with Crippen molar-refractivity contribution < 1.29 is 40.2 Å². The Kier molecular flexibility index (Phi) is 15.0. The molecule has 3 aromatic carbocycles. The molecule has 0 aliphatic heterocycles. The summed E-state index contributed by atoms with van der Waals surface area (Å²) in [6.45, 7) is 13.6. The molecule has 426 valence electrons. The molecule has 0 unspecified atom stereocenters. The van der Waals surface area contributed by atoms with Gasteiger partial charge in [0, 0.05) is 35.6 Å². The molecule has 0 heterocycles. The SMILES string of the molecule is C[C@H](CCC(=O)Nc1ccc(Nc2c(Nc3ccc(NC(=O)CC[C@@H](C)[C@H]4CC[C@H]5[C@@H]6[C@H](O)C[C@@H]7C[C@H](O)CC[C@]7(C)[C@H]6C[C@H](O)[C@]45C)cc3)c(=O)c2=O)cc1)[C@H]1CC[C@H]2[C@@H]3[C@H](O)C[C@@H]4C[C@H](O)CC[C@]4(C)[C@H]3C[C@H](O)[C@]12C. The highest BCUT2D eigenvalue weighted by Gasteiger charge is 2.67. The standard InChI is InChI=1S/C64H90N4O10/c1-33(43-17-19-45-55-47(31-51(73)63(43,45)5)61(3)25-23-41(69)27-35(61)29-49(55)71)7-21-53(75)65-37-9-13-39(14-10-37)67-57-58(60(78)59(57)77)68-40-15-11-38(12-16-40)66-54(76)22-8-34(2)44-18-20-46-56-48(32-52(74)64(44,46)6)62(4)26-24-42(70)28-36(62)30-50(56)72/h9-16,33-36,41-52,55-56,67-74H,7-8,17-32H2,1-6H3,(H,65,75)(H,66,76)/t33-,34-,35+,36+,41-,42-,43-,44-,45+,46+,47+,48+,49-,50-,51+,52+,55+,56+,61+,62+,63-,64-/m1/s1. The number of hydrogen-bond acceptors (Lipinski definition) is 12. The first kappa shape index (κ1) is 55.7. The predicted octanol–water partition coefficient (Wildman–Crippen LogP) is 9.40. The highest BCUT2D eigenvalue weighted by Crippen LogP contribution is 2.70. The van der Waals surface area contributed by atoms with Gasteiger partial charge in [-0.25, -0.2) is 0 Å². The number of carbonyl (C=O) groups is 2. The topological polar surface area (TPSA) is 238 Å². The van der Waals surface area contributed by atoms with E-state index in [0.29, 0.717) is 61.3 Å². The second kappa shape index (κ2) is 21.0. The molecular weight excluding hydrogens is 985 g/mol. The van der Waals surface area contributed by atoms with Crippen LogP contribution in [0.1, 0.15) is 157 Å². The minimum atomic E-state index is -0.641. The lowest BCUT2D eigenvalue weighted by atomic mass is 9.43. The molecule has 11 rings (SSSR count). The maximum Gasteiger partial charge on any atom is 0.253 e. The zero-order valence-electron chi connectivity index (χ0n) is 47.1. The van der Waals surface area contributed by atoms with Crippen LogP contribution in [0.15, 0.2) is 58.1 Å². The fourth-order valence-electron chi connectivity index (χ4n) is 20.0. The Morgan fingerprint density at radius 3 is 1.23 bits per heavy atom. The Labute approximate surface area is 461 Å². The van der Waals surface area contributed by atoms with Gasteiger partial charge >= 0.3 is 0 Å². The molecule has 8 fully saturated rings. The molecule has 3 aromatic rings. The van der Waals surface area contributed by atoms with Gasteiger partial charge in [0.15, 0.2) is 0 Å². The fourth-order valence-corrected chi connectivity index (χ4v) is 20.0. The van der Waals surface area contributed by atoms with Crippen LogP contribution >= 0.6 is 0 Å². The van der Waals surface area contributed by atoms with E-state index in [-0.39, 0.29) is 128 Å². The normalized spacial score (nSPS) is 42.4. The number of anilines is 6. The van der Waals surface area contributed by atoms with E-state index in [1.54, 1.807) is 48.5 Å². The van der Waals surface area contributed by atoms with Gasteiger partial charge in [-0.1, -0.05) is 41.5 Å². The van der Waals surface area contributed by atoms with Crippen LogP contribution in [0.2, 0.25) is 0 Å². The number of fused-ring (bicyclic) bond motifs is 10. The van der Waals surface area contributed by atoms with Crippen molar-refractivity contribution in [2.45, 2.75) is 194 Å². The van der Waals surface area contributed by atoms with Gasteiger partial charge in [0.05, 0.1) is 36.6 Å². The van der Waals surface area contributed by atoms with Crippen molar-refractivity contribution in [3.63, 3.8) is 0 Å². The predicted molar refractivity (Wildman–Crippen MR) is 303 cm³/mol. The van der Waals surface area contributed by atoms with E-state index in [0.717, 1.165) is 77.0 Å². The Morgan fingerprint density at radius 2 is 0.859 bits per heavy atom. The fraction of sp³-hybridized carbons (Fsp3) is 0.719. The van der Waals surface area contributed by atoms with Crippen LogP contribution in [0.25, 0.3) is 0 Å². The van der Waals surface area contributed by atoms with Crippen LogP contribution in [0.4, 0.5) is 34.1 Å². The van der Waals surface area contributed by atoms with Crippen molar-refractivity contribution in [2.75, 3.05) is 21.3 Å². The van der Waals surface area contributed by atoms with E-state index >= 15 is 0 Å². The van der Waals surface area contributed by atoms with E-state index in [4.69, 9.17) is 0 Å². The number of hydrogen-bond donors (Lipinski definition) is 10. The van der Waals surface area contributed by atoms with Gasteiger partial charge < -0.3 is 51.9 Å². The van der Waals surface area contributed by atoms with E-state index < -0.39 is 35.3 Å². The third-order valence-electron chi connectivity index (χ3n) is 24.5. The maximum absolute atomic E-state index is 13.3. The number of nitrogens with one attached hydrogen (secondary N) is 4. The molecular formula is C64H90N4O10. The van der Waals surface area contributed by atoms with Crippen molar-refractivity contribution in [1.82, 2.24) is 0 Å². The van der Waals surface area contributed by atoms with Gasteiger partial charge in [0.25, 0.3) is 10.9 Å². The van der Waals surface area contributed by atoms with Crippen LogP contribution < -0.4 is 32.1 Å². The second-order valence-corrected chi connectivity index (χ2v) is 28.0. The summed E-state index contributed by atoms with van der Waals surface area (Å²) in [6, 6.07) is 14.0. The Bertz CT molecular complexity index is 2580. The first-order chi connectivity index (χ1) is 37.0. The molecule has 8 aliphatic rings. The monoisotopic (exact) mass is 1070 g/mol. The summed E-state index contributed by atoms with van der Waals surface area (Å²) < 4.78 is 0. The molecule has 8 aliphatic carbocycles. The summed E-state index contributed by atoms with van der Waals surface area (Å²) in [6.07, 6.45) is 11.2. The average molecular weight is 1080 g/mol. The largest absolute Gasteiger partial charge is 0.393 e. The Balaban J connectivity index is 0.634. The van der Waals surface area contributed by atoms with Gasteiger partial charge in [-0.05, 0) is 244 Å². The number of aliphatic hydroxyl groups excluding tert-OH is 6. The molecule has 0 aromatic heterocycles. The van der Waals surface area contributed by atoms with E-state index in [2.05, 4.69) is 62.8 Å². The van der Waals surface area contributed by atoms with E-state index in [1.165, 1.54) is 0 Å². The van der Waals surface area contributed by atoms with E-state index in [1.807, 2.05) is 0 Å². The third-order valence-corrected chi connectivity index (χ3v) is 24.5. The summed E-state index contributed by atoms with van der Waals surface area (Å²) in [4.78, 5) is 52.3. The second-order valence-electron chi connectivity index (χ2n) is 28.0. The first-order valence-electron chi connectivity index (χ1n) is 30.3. The number of aliphatic hydroxyl groups is 6. The highest BCUT2D eigenvalue weighted by atomic mass is 16.3. The summed E-state index contributed by atoms with van der Waals surface area (Å²) in [5, 5.41) is 80.4. The van der Waals surface area contributed by atoms with Gasteiger partial charge in [0.2, 0.25) is 11.8 Å². The summed E-state index contributed by atoms with van der Waals surface area (Å²) >= 11 is 0. The van der Waals surface area contributed by atoms with E-state index in [9.17, 15) is 49.8 Å². The molecule has 14 nitrogen and oxygen atoms in total. The molecule has 22 atom stereocenters. The van der Waals surface area contributed by atoms with Crippen molar-refractivity contribution in [3.05, 3.63) is 69.0 Å². The number of benzene rings is 2. The van der Waals surface area contributed by atoms with Gasteiger partial charge in [0.1, 0.15) is 11.4 Å². The number of carbonyl (C=O) groups excluding carboxylic acids is 2. The maximum atomic E-state index is 13.3. The smallest absolute Gasteiger partial charge is 0.253 e. The molecule has 2 amide bonds. The summed E-state index contributed by atoms with van der Waals surface area (Å²) in [5.74, 6) is 2.43. The van der Waals surface area contributed by atoms with Crippen LogP contribution in [0, 0.1) is 92.7 Å². The molecule has 78 heavy (non-hydrogen) atoms. The molecule has 10 N–H and O–H groups in total. The zero-order valence-corrected chi connectivity index (χ0v) is 47.1. The molecule has 8 saturated carbocycles. The first-order valence-corrected chi connectivity index (χ1v) is 30.3. The zero-order chi connectivity index (χ0) is 55.4. The number of amides is 2. The lowest BCUT2D eigenvalue weighted by Gasteiger charge is -2.63. The molecule has 0 spiro atoms. The number of rotatable bonds is 14.